The summed E-state index contributed by atoms with van der Waals surface area (Å²) < 4.78 is 81.0. The van der Waals surface area contributed by atoms with Crippen molar-refractivity contribution in [2.24, 2.45) is 11.8 Å². The van der Waals surface area contributed by atoms with Crippen molar-refractivity contribution in [2.45, 2.75) is 51.2 Å². The Morgan fingerprint density at radius 3 is 1.78 bits per heavy atom. The van der Waals surface area contributed by atoms with Crippen molar-refractivity contribution in [3.8, 4) is 0 Å². The number of hydrogen-bond donors (Lipinski definition) is 1. The Morgan fingerprint density at radius 2 is 1.44 bits per heavy atom. The maximum atomic E-state index is 13.1. The Labute approximate surface area is 104 Å². The Bertz CT molecular complexity index is 362. The smallest absolute Gasteiger partial charge is 0.281 e. The van der Waals surface area contributed by atoms with Gasteiger partial charge in [-0.1, -0.05) is 20.3 Å². The number of rotatable bonds is 7. The largest absolute Gasteiger partial charge is 0.372 e. The van der Waals surface area contributed by atoms with Gasteiger partial charge in [0.25, 0.3) is 0 Å². The van der Waals surface area contributed by atoms with E-state index in [4.69, 9.17) is 4.55 Å². The van der Waals surface area contributed by atoms with Gasteiger partial charge in [0, 0.05) is 11.8 Å². The molecule has 0 bridgehead atoms. The summed E-state index contributed by atoms with van der Waals surface area (Å²) in [6.07, 6.45) is -0.209. The molecule has 0 saturated heterocycles. The number of hydrogen-bond acceptors (Lipinski definition) is 2. The molecule has 0 aromatic carbocycles. The third-order valence-electron chi connectivity index (χ3n) is 3.06. The van der Waals surface area contributed by atoms with Crippen molar-refractivity contribution < 1.29 is 30.5 Å². The molecule has 0 spiro atoms. The lowest BCUT2D eigenvalue weighted by molar-refractivity contribution is -0.0378. The van der Waals surface area contributed by atoms with E-state index in [0.29, 0.717) is 0 Å². The number of alkyl halides is 4. The summed E-state index contributed by atoms with van der Waals surface area (Å²) in [5.41, 5.74) is 0. The van der Waals surface area contributed by atoms with Crippen LogP contribution in [0.4, 0.5) is 17.6 Å². The first-order valence-electron chi connectivity index (χ1n) is 5.52. The highest BCUT2D eigenvalue weighted by molar-refractivity contribution is 7.86. The summed E-state index contributed by atoms with van der Waals surface area (Å²) >= 11 is 0. The van der Waals surface area contributed by atoms with Crippen molar-refractivity contribution in [3.63, 3.8) is 0 Å². The summed E-state index contributed by atoms with van der Waals surface area (Å²) in [5.74, 6) is -5.48. The fourth-order valence-electron chi connectivity index (χ4n) is 1.41. The zero-order valence-corrected chi connectivity index (χ0v) is 11.3. The van der Waals surface area contributed by atoms with Gasteiger partial charge in [-0.3, -0.25) is 4.55 Å². The lowest BCUT2D eigenvalue weighted by Crippen LogP contribution is -2.35. The molecule has 18 heavy (non-hydrogen) atoms. The van der Waals surface area contributed by atoms with E-state index in [1.54, 1.807) is 0 Å². The fourth-order valence-corrected chi connectivity index (χ4v) is 2.03. The predicted octanol–water partition coefficient (Wildman–Crippen LogP) is 3.56. The maximum absolute atomic E-state index is 13.1. The molecular formula is C10H18F4O3S. The van der Waals surface area contributed by atoms with E-state index >= 15 is 0 Å². The van der Waals surface area contributed by atoms with Gasteiger partial charge in [-0.2, -0.15) is 17.2 Å². The third kappa shape index (κ3) is 4.72. The van der Waals surface area contributed by atoms with E-state index in [1.165, 1.54) is 6.92 Å². The highest BCUT2D eigenvalue weighted by Gasteiger charge is 2.48. The molecule has 0 heterocycles. The first kappa shape index (κ1) is 17.6. The standard InChI is InChI=1S/C10H18F4O3S/c1-7(9(3,11)12)5-4-6-8(2)10(13,14)18(15,16)17/h7-8H,4-6H2,1-3H3,(H,15,16,17). The lowest BCUT2D eigenvalue weighted by Gasteiger charge is -2.22. The van der Waals surface area contributed by atoms with Crippen molar-refractivity contribution in [1.82, 2.24) is 0 Å². The zero-order valence-electron chi connectivity index (χ0n) is 10.5. The van der Waals surface area contributed by atoms with Crippen LogP contribution >= 0.6 is 0 Å². The SMILES string of the molecule is CC(CCCC(C)C(F)(F)S(=O)(=O)O)C(C)(F)F. The quantitative estimate of drug-likeness (QED) is 0.577. The Morgan fingerprint density at radius 1 is 1.06 bits per heavy atom. The molecule has 0 saturated carbocycles. The molecule has 0 aromatic rings. The number of halogens is 4. The molecule has 0 amide bonds. The molecule has 8 heteroatoms. The molecule has 0 aliphatic carbocycles. The molecule has 0 aliphatic rings. The Hall–Kier alpha value is -0.370. The van der Waals surface area contributed by atoms with Crippen LogP contribution in [0, 0.1) is 11.8 Å². The van der Waals surface area contributed by atoms with E-state index < -0.39 is 33.1 Å². The predicted molar refractivity (Wildman–Crippen MR) is 59.3 cm³/mol. The summed E-state index contributed by atoms with van der Waals surface area (Å²) in [7, 11) is -5.46. The highest BCUT2D eigenvalue weighted by Crippen LogP contribution is 2.34. The highest BCUT2D eigenvalue weighted by atomic mass is 32.2. The molecular weight excluding hydrogens is 276 g/mol. The molecule has 0 aromatic heterocycles. The molecule has 110 valence electrons. The van der Waals surface area contributed by atoms with Crippen molar-refractivity contribution in [1.29, 1.82) is 0 Å². The van der Waals surface area contributed by atoms with Gasteiger partial charge in [0.15, 0.2) is 0 Å². The van der Waals surface area contributed by atoms with Crippen LogP contribution in [-0.2, 0) is 10.1 Å². The fraction of sp³-hybridized carbons (Fsp3) is 1.00. The zero-order chi connectivity index (χ0) is 14.8. The van der Waals surface area contributed by atoms with E-state index in [1.807, 2.05) is 0 Å². The van der Waals surface area contributed by atoms with E-state index in [-0.39, 0.29) is 19.3 Å². The van der Waals surface area contributed by atoms with Crippen LogP contribution in [0.15, 0.2) is 0 Å². The van der Waals surface area contributed by atoms with Gasteiger partial charge in [-0.05, 0) is 19.8 Å². The van der Waals surface area contributed by atoms with Crippen LogP contribution in [0.3, 0.4) is 0 Å². The van der Waals surface area contributed by atoms with Gasteiger partial charge in [0.1, 0.15) is 0 Å². The Balaban J connectivity index is 4.34. The average Bonchev–Trinajstić information content (AvgIpc) is 2.13. The molecule has 0 rings (SSSR count). The van der Waals surface area contributed by atoms with Crippen LogP contribution in [0.25, 0.3) is 0 Å². The second kappa shape index (κ2) is 5.73. The van der Waals surface area contributed by atoms with Crippen molar-refractivity contribution in [3.05, 3.63) is 0 Å². The van der Waals surface area contributed by atoms with Crippen molar-refractivity contribution >= 4 is 10.1 Å². The minimum atomic E-state index is -5.46. The molecule has 0 radical (unpaired) electrons. The van der Waals surface area contributed by atoms with Gasteiger partial charge in [-0.15, -0.1) is 0 Å². The molecule has 0 aliphatic heterocycles. The summed E-state index contributed by atoms with van der Waals surface area (Å²) in [6, 6.07) is 0. The van der Waals surface area contributed by atoms with Crippen molar-refractivity contribution in [2.75, 3.05) is 0 Å². The lowest BCUT2D eigenvalue weighted by atomic mass is 9.95. The summed E-state index contributed by atoms with van der Waals surface area (Å²) in [4.78, 5) is 0. The molecule has 2 unspecified atom stereocenters. The topological polar surface area (TPSA) is 54.4 Å². The second-order valence-electron chi connectivity index (χ2n) is 4.73. The Kier molecular flexibility index (Phi) is 5.61. The van der Waals surface area contributed by atoms with Gasteiger partial charge in [0.2, 0.25) is 5.92 Å². The molecule has 3 nitrogen and oxygen atoms in total. The average molecular weight is 294 g/mol. The maximum Gasteiger partial charge on any atom is 0.372 e. The van der Waals surface area contributed by atoms with Gasteiger partial charge >= 0.3 is 15.4 Å². The molecule has 0 fully saturated rings. The molecule has 1 N–H and O–H groups in total. The van der Waals surface area contributed by atoms with Crippen LogP contribution in [0.2, 0.25) is 0 Å². The monoisotopic (exact) mass is 294 g/mol. The van der Waals surface area contributed by atoms with Gasteiger partial charge in [-0.25, -0.2) is 8.78 Å². The van der Waals surface area contributed by atoms with Crippen LogP contribution < -0.4 is 0 Å². The van der Waals surface area contributed by atoms with E-state index in [0.717, 1.165) is 13.8 Å². The van der Waals surface area contributed by atoms with Crippen LogP contribution in [-0.4, -0.2) is 24.1 Å². The first-order chi connectivity index (χ1) is 7.80. The minimum absolute atomic E-state index is 0.00932. The minimum Gasteiger partial charge on any atom is -0.281 e. The summed E-state index contributed by atoms with van der Waals surface area (Å²) in [5, 5.41) is -4.25. The van der Waals surface area contributed by atoms with E-state index in [2.05, 4.69) is 0 Å². The molecule has 2 atom stereocenters. The third-order valence-corrected chi connectivity index (χ3v) is 4.15. The second-order valence-corrected chi connectivity index (χ2v) is 6.22. The first-order valence-corrected chi connectivity index (χ1v) is 6.96. The van der Waals surface area contributed by atoms with Crippen LogP contribution in [0.1, 0.15) is 40.0 Å². The summed E-state index contributed by atoms with van der Waals surface area (Å²) in [6.45, 7) is 3.00. The van der Waals surface area contributed by atoms with Gasteiger partial charge in [0.05, 0.1) is 0 Å². The normalized spacial score (nSPS) is 17.6. The van der Waals surface area contributed by atoms with Gasteiger partial charge < -0.3 is 0 Å². The van der Waals surface area contributed by atoms with E-state index in [9.17, 15) is 26.0 Å². The van der Waals surface area contributed by atoms with Crippen LogP contribution in [0.5, 0.6) is 0 Å².